The van der Waals surface area contributed by atoms with E-state index in [1.165, 1.54) is 12.8 Å². The third kappa shape index (κ3) is 3.21. The van der Waals surface area contributed by atoms with Gasteiger partial charge in [-0.2, -0.15) is 5.10 Å². The van der Waals surface area contributed by atoms with Crippen LogP contribution in [0.15, 0.2) is 24.7 Å². The third-order valence-electron chi connectivity index (χ3n) is 5.03. The van der Waals surface area contributed by atoms with Crippen molar-refractivity contribution in [2.75, 3.05) is 23.3 Å². The number of rotatable bonds is 4. The van der Waals surface area contributed by atoms with E-state index >= 15 is 0 Å². The SMILES string of the molecule is C[C@@H]1CN(c2cc(-c3n[nH]c4ccnc(NC5CC5)c34)ncn2)C[C@H](C)O1. The quantitative estimate of drug-likeness (QED) is 0.734. The highest BCUT2D eigenvalue weighted by molar-refractivity contribution is 6.00. The number of aromatic nitrogens is 5. The maximum Gasteiger partial charge on any atom is 0.137 e. The van der Waals surface area contributed by atoms with Gasteiger partial charge in [0.15, 0.2) is 0 Å². The fraction of sp³-hybridized carbons (Fsp3) is 0.474. The molecule has 1 saturated carbocycles. The molecule has 4 heterocycles. The first-order chi connectivity index (χ1) is 13.2. The van der Waals surface area contributed by atoms with Gasteiger partial charge in [0, 0.05) is 31.4 Å². The molecule has 0 unspecified atom stereocenters. The average Bonchev–Trinajstić information content (AvgIpc) is 3.36. The molecule has 0 spiro atoms. The number of aromatic amines is 1. The summed E-state index contributed by atoms with van der Waals surface area (Å²) in [5.74, 6) is 1.77. The third-order valence-corrected chi connectivity index (χ3v) is 5.03. The molecule has 3 aromatic heterocycles. The monoisotopic (exact) mass is 365 g/mol. The van der Waals surface area contributed by atoms with Crippen LogP contribution in [0.1, 0.15) is 26.7 Å². The highest BCUT2D eigenvalue weighted by Gasteiger charge is 2.26. The number of hydrogen-bond acceptors (Lipinski definition) is 7. The Kier molecular flexibility index (Phi) is 3.93. The number of fused-ring (bicyclic) bond motifs is 1. The van der Waals surface area contributed by atoms with Gasteiger partial charge in [0.25, 0.3) is 0 Å². The van der Waals surface area contributed by atoms with Crippen LogP contribution in [0.5, 0.6) is 0 Å². The van der Waals surface area contributed by atoms with Crippen LogP contribution in [0.4, 0.5) is 11.6 Å². The summed E-state index contributed by atoms with van der Waals surface area (Å²) in [7, 11) is 0. The number of nitrogens with zero attached hydrogens (tertiary/aromatic N) is 5. The molecule has 2 aliphatic rings. The van der Waals surface area contributed by atoms with Crippen molar-refractivity contribution in [2.45, 2.75) is 44.9 Å². The van der Waals surface area contributed by atoms with E-state index in [2.05, 4.69) is 49.2 Å². The van der Waals surface area contributed by atoms with Crippen LogP contribution in [-0.2, 0) is 4.74 Å². The number of nitrogens with one attached hydrogen (secondary N) is 2. The van der Waals surface area contributed by atoms with Crippen molar-refractivity contribution < 1.29 is 4.74 Å². The first-order valence-corrected chi connectivity index (χ1v) is 9.50. The van der Waals surface area contributed by atoms with Crippen molar-refractivity contribution in [2.24, 2.45) is 0 Å². The van der Waals surface area contributed by atoms with Gasteiger partial charge < -0.3 is 15.0 Å². The predicted octanol–water partition coefficient (Wildman–Crippen LogP) is 2.60. The summed E-state index contributed by atoms with van der Waals surface area (Å²) < 4.78 is 5.84. The maximum absolute atomic E-state index is 5.84. The maximum atomic E-state index is 5.84. The number of ether oxygens (including phenoxy) is 1. The first kappa shape index (κ1) is 16.4. The molecular formula is C19H23N7O. The van der Waals surface area contributed by atoms with E-state index in [1.807, 2.05) is 12.1 Å². The Hall–Kier alpha value is -2.74. The second-order valence-corrected chi connectivity index (χ2v) is 7.50. The van der Waals surface area contributed by atoms with Gasteiger partial charge >= 0.3 is 0 Å². The van der Waals surface area contributed by atoms with Crippen LogP contribution < -0.4 is 10.2 Å². The molecule has 3 aromatic rings. The van der Waals surface area contributed by atoms with E-state index in [-0.39, 0.29) is 12.2 Å². The second-order valence-electron chi connectivity index (χ2n) is 7.50. The molecule has 2 N–H and O–H groups in total. The van der Waals surface area contributed by atoms with Crippen molar-refractivity contribution in [3.05, 3.63) is 24.7 Å². The van der Waals surface area contributed by atoms with Crippen LogP contribution in [0.2, 0.25) is 0 Å². The lowest BCUT2D eigenvalue weighted by Crippen LogP contribution is -2.45. The standard InChI is InChI=1S/C19H23N7O/c1-11-8-26(9-12(2)27-11)16-7-15(21-10-22-16)18-17-14(24-25-18)5-6-20-19(17)23-13-3-4-13/h5-7,10-13H,3-4,8-9H2,1-2H3,(H,20,23)(H,24,25)/t11-,12+. The van der Waals surface area contributed by atoms with Gasteiger partial charge in [-0.05, 0) is 32.8 Å². The van der Waals surface area contributed by atoms with E-state index < -0.39 is 0 Å². The number of hydrogen-bond donors (Lipinski definition) is 2. The molecule has 0 aromatic carbocycles. The van der Waals surface area contributed by atoms with Crippen LogP contribution in [0, 0.1) is 0 Å². The van der Waals surface area contributed by atoms with Gasteiger partial charge in [0.05, 0.1) is 28.8 Å². The number of pyridine rings is 1. The van der Waals surface area contributed by atoms with Crippen molar-refractivity contribution in [1.82, 2.24) is 25.1 Å². The molecule has 8 nitrogen and oxygen atoms in total. The molecule has 1 aliphatic heterocycles. The predicted molar refractivity (Wildman–Crippen MR) is 104 cm³/mol. The van der Waals surface area contributed by atoms with E-state index in [1.54, 1.807) is 12.5 Å². The molecule has 5 rings (SSSR count). The zero-order valence-corrected chi connectivity index (χ0v) is 15.5. The molecule has 0 bridgehead atoms. The highest BCUT2D eigenvalue weighted by atomic mass is 16.5. The smallest absolute Gasteiger partial charge is 0.137 e. The summed E-state index contributed by atoms with van der Waals surface area (Å²) in [5, 5.41) is 12.1. The van der Waals surface area contributed by atoms with Gasteiger partial charge in [-0.15, -0.1) is 0 Å². The summed E-state index contributed by atoms with van der Waals surface area (Å²) in [5.41, 5.74) is 2.56. The van der Waals surface area contributed by atoms with Crippen LogP contribution in [0.3, 0.4) is 0 Å². The number of H-pyrrole nitrogens is 1. The molecule has 140 valence electrons. The van der Waals surface area contributed by atoms with E-state index in [4.69, 9.17) is 4.74 Å². The molecule has 1 saturated heterocycles. The molecule has 0 amide bonds. The lowest BCUT2D eigenvalue weighted by molar-refractivity contribution is -0.00546. The van der Waals surface area contributed by atoms with Crippen LogP contribution in [-0.4, -0.2) is 56.5 Å². The molecular weight excluding hydrogens is 342 g/mol. The van der Waals surface area contributed by atoms with Crippen molar-refractivity contribution in [3.63, 3.8) is 0 Å². The largest absolute Gasteiger partial charge is 0.372 e. The van der Waals surface area contributed by atoms with Crippen molar-refractivity contribution in [1.29, 1.82) is 0 Å². The lowest BCUT2D eigenvalue weighted by Gasteiger charge is -2.36. The average molecular weight is 365 g/mol. The van der Waals surface area contributed by atoms with Crippen LogP contribution >= 0.6 is 0 Å². The second kappa shape index (κ2) is 6.45. The summed E-state index contributed by atoms with van der Waals surface area (Å²) in [4.78, 5) is 15.8. The normalized spacial score (nSPS) is 23.0. The van der Waals surface area contributed by atoms with Gasteiger partial charge in [0.2, 0.25) is 0 Å². The van der Waals surface area contributed by atoms with E-state index in [0.29, 0.717) is 6.04 Å². The zero-order valence-electron chi connectivity index (χ0n) is 15.5. The Morgan fingerprint density at radius 3 is 2.74 bits per heavy atom. The highest BCUT2D eigenvalue weighted by Crippen LogP contribution is 2.33. The van der Waals surface area contributed by atoms with Gasteiger partial charge in [-0.1, -0.05) is 0 Å². The Bertz CT molecular complexity index is 958. The van der Waals surface area contributed by atoms with E-state index in [9.17, 15) is 0 Å². The van der Waals surface area contributed by atoms with E-state index in [0.717, 1.165) is 47.0 Å². The fourth-order valence-electron chi connectivity index (χ4n) is 3.70. The molecule has 1 aliphatic carbocycles. The Morgan fingerprint density at radius 2 is 1.96 bits per heavy atom. The molecule has 2 atom stereocenters. The Balaban J connectivity index is 1.53. The van der Waals surface area contributed by atoms with Crippen LogP contribution in [0.25, 0.3) is 22.3 Å². The fourth-order valence-corrected chi connectivity index (χ4v) is 3.70. The topological polar surface area (TPSA) is 91.9 Å². The van der Waals surface area contributed by atoms with Crippen molar-refractivity contribution >= 4 is 22.5 Å². The molecule has 0 radical (unpaired) electrons. The van der Waals surface area contributed by atoms with Gasteiger partial charge in [-0.3, -0.25) is 5.10 Å². The number of anilines is 2. The minimum atomic E-state index is 0.178. The lowest BCUT2D eigenvalue weighted by atomic mass is 10.1. The summed E-state index contributed by atoms with van der Waals surface area (Å²) in [6.45, 7) is 5.82. The summed E-state index contributed by atoms with van der Waals surface area (Å²) in [6.07, 6.45) is 6.15. The van der Waals surface area contributed by atoms with Gasteiger partial charge in [0.1, 0.15) is 23.7 Å². The zero-order chi connectivity index (χ0) is 18.4. The summed E-state index contributed by atoms with van der Waals surface area (Å²) in [6, 6.07) is 4.47. The minimum Gasteiger partial charge on any atom is -0.372 e. The molecule has 27 heavy (non-hydrogen) atoms. The Labute approximate surface area is 157 Å². The minimum absolute atomic E-state index is 0.178. The Morgan fingerprint density at radius 1 is 1.15 bits per heavy atom. The summed E-state index contributed by atoms with van der Waals surface area (Å²) >= 11 is 0. The first-order valence-electron chi connectivity index (χ1n) is 9.50. The van der Waals surface area contributed by atoms with Gasteiger partial charge in [-0.25, -0.2) is 15.0 Å². The molecule has 8 heteroatoms. The van der Waals surface area contributed by atoms with Crippen molar-refractivity contribution in [3.8, 4) is 11.4 Å². The number of morpholine rings is 1. The molecule has 2 fully saturated rings.